The van der Waals surface area contributed by atoms with Crippen molar-refractivity contribution < 1.29 is 9.53 Å². The molecule has 92 valence electrons. The lowest BCUT2D eigenvalue weighted by Gasteiger charge is -2.24. The Bertz CT molecular complexity index is 417. The van der Waals surface area contributed by atoms with Gasteiger partial charge in [-0.05, 0) is 37.6 Å². The van der Waals surface area contributed by atoms with Crippen LogP contribution in [0.25, 0.3) is 0 Å². The molecule has 0 aliphatic carbocycles. The van der Waals surface area contributed by atoms with Gasteiger partial charge in [-0.3, -0.25) is 4.79 Å². The number of amides is 1. The predicted molar refractivity (Wildman–Crippen MR) is 69.2 cm³/mol. The van der Waals surface area contributed by atoms with E-state index in [9.17, 15) is 4.79 Å². The van der Waals surface area contributed by atoms with Gasteiger partial charge >= 0.3 is 0 Å². The second-order valence-corrected chi connectivity index (χ2v) is 5.01. The summed E-state index contributed by atoms with van der Waals surface area (Å²) in [5, 5.41) is 3.27. The first-order valence-electron chi connectivity index (χ1n) is 5.63. The van der Waals surface area contributed by atoms with Crippen LogP contribution in [0.5, 0.6) is 5.75 Å². The van der Waals surface area contributed by atoms with E-state index >= 15 is 0 Å². The molecule has 1 aliphatic rings. The predicted octanol–water partition coefficient (Wildman–Crippen LogP) is 1.68. The first-order chi connectivity index (χ1) is 8.16. The number of piperidine rings is 1. The van der Waals surface area contributed by atoms with Crippen LogP contribution in [-0.4, -0.2) is 25.1 Å². The molecule has 0 bridgehead atoms. The topological polar surface area (TPSA) is 64.4 Å². The van der Waals surface area contributed by atoms with E-state index in [1.165, 1.54) is 0 Å². The van der Waals surface area contributed by atoms with E-state index in [2.05, 4.69) is 21.2 Å². The number of primary amides is 1. The van der Waals surface area contributed by atoms with E-state index in [4.69, 9.17) is 10.5 Å². The number of carbonyl (C=O) groups is 1. The number of hydrogen-bond acceptors (Lipinski definition) is 3. The minimum Gasteiger partial charge on any atom is -0.488 e. The maximum absolute atomic E-state index is 11.3. The van der Waals surface area contributed by atoms with E-state index in [0.717, 1.165) is 30.4 Å². The Morgan fingerprint density at radius 1 is 1.53 bits per heavy atom. The zero-order valence-electron chi connectivity index (χ0n) is 9.41. The number of ether oxygens (including phenoxy) is 1. The highest BCUT2D eigenvalue weighted by Gasteiger charge is 2.17. The number of nitrogens with one attached hydrogen (secondary N) is 1. The van der Waals surface area contributed by atoms with Gasteiger partial charge in [0.05, 0.1) is 5.56 Å². The van der Waals surface area contributed by atoms with Crippen molar-refractivity contribution in [2.24, 2.45) is 5.73 Å². The summed E-state index contributed by atoms with van der Waals surface area (Å²) >= 11 is 3.36. The fourth-order valence-electron chi connectivity index (χ4n) is 1.90. The highest BCUT2D eigenvalue weighted by atomic mass is 79.9. The van der Waals surface area contributed by atoms with Crippen LogP contribution in [0, 0.1) is 0 Å². The summed E-state index contributed by atoms with van der Waals surface area (Å²) in [6.45, 7) is 1.84. The molecule has 0 saturated carbocycles. The van der Waals surface area contributed by atoms with Crippen molar-refractivity contribution in [3.05, 3.63) is 28.2 Å². The Hall–Kier alpha value is -1.07. The smallest absolute Gasteiger partial charge is 0.252 e. The number of halogens is 1. The van der Waals surface area contributed by atoms with Crippen LogP contribution >= 0.6 is 15.9 Å². The van der Waals surface area contributed by atoms with Crippen LogP contribution in [0.3, 0.4) is 0 Å². The number of carbonyl (C=O) groups excluding carboxylic acids is 1. The van der Waals surface area contributed by atoms with E-state index < -0.39 is 5.91 Å². The maximum Gasteiger partial charge on any atom is 0.252 e. The second-order valence-electron chi connectivity index (χ2n) is 4.09. The molecule has 0 spiro atoms. The average Bonchev–Trinajstić information content (AvgIpc) is 2.30. The van der Waals surface area contributed by atoms with Gasteiger partial charge in [0.2, 0.25) is 0 Å². The van der Waals surface area contributed by atoms with Gasteiger partial charge in [0.15, 0.2) is 0 Å². The summed E-state index contributed by atoms with van der Waals surface area (Å²) in [6.07, 6.45) is 2.19. The van der Waals surface area contributed by atoms with E-state index in [0.29, 0.717) is 11.3 Å². The Morgan fingerprint density at radius 2 is 2.35 bits per heavy atom. The molecule has 2 rings (SSSR count). The maximum atomic E-state index is 11.3. The van der Waals surface area contributed by atoms with Crippen molar-refractivity contribution in [1.82, 2.24) is 5.32 Å². The number of benzene rings is 1. The van der Waals surface area contributed by atoms with Gasteiger partial charge in [-0.15, -0.1) is 0 Å². The molecule has 17 heavy (non-hydrogen) atoms. The molecule has 0 aromatic heterocycles. The lowest BCUT2D eigenvalue weighted by Crippen LogP contribution is -2.37. The standard InChI is InChI=1S/C12H15BrN2O2/c13-8-3-4-10(12(14)16)11(6-8)17-9-2-1-5-15-7-9/h3-4,6,9,15H,1-2,5,7H2,(H2,14,16). The molecule has 0 radical (unpaired) electrons. The Labute approximate surface area is 109 Å². The second kappa shape index (κ2) is 5.51. The van der Waals surface area contributed by atoms with Crippen molar-refractivity contribution in [2.45, 2.75) is 18.9 Å². The summed E-state index contributed by atoms with van der Waals surface area (Å²) in [4.78, 5) is 11.3. The highest BCUT2D eigenvalue weighted by molar-refractivity contribution is 9.10. The van der Waals surface area contributed by atoms with Crippen molar-refractivity contribution in [3.63, 3.8) is 0 Å². The van der Waals surface area contributed by atoms with Crippen LogP contribution < -0.4 is 15.8 Å². The number of rotatable bonds is 3. The lowest BCUT2D eigenvalue weighted by atomic mass is 10.1. The van der Waals surface area contributed by atoms with Gasteiger partial charge in [0.1, 0.15) is 11.9 Å². The molecule has 1 aromatic rings. The van der Waals surface area contributed by atoms with Crippen LogP contribution in [0.2, 0.25) is 0 Å². The number of hydrogen-bond donors (Lipinski definition) is 2. The average molecular weight is 299 g/mol. The molecule has 5 heteroatoms. The van der Waals surface area contributed by atoms with Gasteiger partial charge in [-0.1, -0.05) is 15.9 Å². The molecule has 1 unspecified atom stereocenters. The van der Waals surface area contributed by atoms with Crippen LogP contribution in [0.4, 0.5) is 0 Å². The summed E-state index contributed by atoms with van der Waals surface area (Å²) in [7, 11) is 0. The van der Waals surface area contributed by atoms with E-state index in [1.54, 1.807) is 18.2 Å². The zero-order chi connectivity index (χ0) is 12.3. The normalized spacial score (nSPS) is 19.9. The van der Waals surface area contributed by atoms with Crippen LogP contribution in [-0.2, 0) is 0 Å². The molecule has 1 atom stereocenters. The molecule has 1 heterocycles. The van der Waals surface area contributed by atoms with Gasteiger partial charge in [0, 0.05) is 11.0 Å². The lowest BCUT2D eigenvalue weighted by molar-refractivity contribution is 0.0990. The summed E-state index contributed by atoms with van der Waals surface area (Å²) in [6, 6.07) is 5.25. The third-order valence-corrected chi connectivity index (χ3v) is 3.25. The van der Waals surface area contributed by atoms with Gasteiger partial charge < -0.3 is 15.8 Å². The fourth-order valence-corrected chi connectivity index (χ4v) is 2.24. The molecule has 3 N–H and O–H groups in total. The monoisotopic (exact) mass is 298 g/mol. The van der Waals surface area contributed by atoms with E-state index in [-0.39, 0.29) is 6.10 Å². The van der Waals surface area contributed by atoms with Gasteiger partial charge in [-0.25, -0.2) is 0 Å². The molecular formula is C12H15BrN2O2. The van der Waals surface area contributed by atoms with Crippen molar-refractivity contribution in [1.29, 1.82) is 0 Å². The van der Waals surface area contributed by atoms with Gasteiger partial charge in [-0.2, -0.15) is 0 Å². The quantitative estimate of drug-likeness (QED) is 0.892. The third kappa shape index (κ3) is 3.20. The zero-order valence-corrected chi connectivity index (χ0v) is 11.0. The SMILES string of the molecule is NC(=O)c1ccc(Br)cc1OC1CCCNC1. The highest BCUT2D eigenvalue weighted by Crippen LogP contribution is 2.25. The first kappa shape index (κ1) is 12.4. The Balaban J connectivity index is 2.17. The fraction of sp³-hybridized carbons (Fsp3) is 0.417. The molecule has 1 amide bonds. The van der Waals surface area contributed by atoms with Gasteiger partial charge in [0.25, 0.3) is 5.91 Å². The largest absolute Gasteiger partial charge is 0.488 e. The van der Waals surface area contributed by atoms with Crippen LogP contribution in [0.1, 0.15) is 23.2 Å². The molecule has 1 saturated heterocycles. The minimum absolute atomic E-state index is 0.108. The number of nitrogens with two attached hydrogens (primary N) is 1. The molecule has 1 aliphatic heterocycles. The molecule has 4 nitrogen and oxygen atoms in total. The van der Waals surface area contributed by atoms with Crippen molar-refractivity contribution in [3.8, 4) is 5.75 Å². The van der Waals surface area contributed by atoms with Crippen molar-refractivity contribution >= 4 is 21.8 Å². The summed E-state index contributed by atoms with van der Waals surface area (Å²) < 4.78 is 6.71. The summed E-state index contributed by atoms with van der Waals surface area (Å²) in [5.74, 6) is 0.0943. The Kier molecular flexibility index (Phi) is 4.02. The van der Waals surface area contributed by atoms with Crippen molar-refractivity contribution in [2.75, 3.05) is 13.1 Å². The molecular weight excluding hydrogens is 284 g/mol. The molecule has 1 fully saturated rings. The minimum atomic E-state index is -0.462. The third-order valence-electron chi connectivity index (χ3n) is 2.75. The molecule has 1 aromatic carbocycles. The summed E-state index contributed by atoms with van der Waals surface area (Å²) in [5.41, 5.74) is 5.75. The van der Waals surface area contributed by atoms with E-state index in [1.807, 2.05) is 0 Å². The van der Waals surface area contributed by atoms with Crippen LogP contribution in [0.15, 0.2) is 22.7 Å². The first-order valence-corrected chi connectivity index (χ1v) is 6.43. The Morgan fingerprint density at radius 3 is 3.00 bits per heavy atom.